The molecule has 0 aromatic heterocycles. The summed E-state index contributed by atoms with van der Waals surface area (Å²) < 4.78 is 51.1. The van der Waals surface area contributed by atoms with E-state index in [-0.39, 0.29) is 28.5 Å². The average molecular weight is 483 g/mol. The number of alkyl halides is 3. The summed E-state index contributed by atoms with van der Waals surface area (Å²) in [7, 11) is 0. The summed E-state index contributed by atoms with van der Waals surface area (Å²) >= 11 is 5.96. The molecule has 0 spiro atoms. The molecule has 33 heavy (non-hydrogen) atoms. The molecule has 0 bridgehead atoms. The van der Waals surface area contributed by atoms with E-state index in [1.165, 1.54) is 18.2 Å². The van der Waals surface area contributed by atoms with Crippen LogP contribution in [0.25, 0.3) is 0 Å². The zero-order chi connectivity index (χ0) is 23.9. The molecule has 2 amide bonds. The molecule has 11 heteroatoms. The number of carbonyl (C=O) groups is 2. The smallest absolute Gasteiger partial charge is 0.383 e. The first-order valence-electron chi connectivity index (χ1n) is 10.1. The minimum Gasteiger partial charge on any atom is -0.383 e. The van der Waals surface area contributed by atoms with Gasteiger partial charge in [-0.1, -0.05) is 29.8 Å². The molecule has 6 nitrogen and oxygen atoms in total. The molecule has 2 heterocycles. The molecule has 2 aliphatic heterocycles. The second-order valence-corrected chi connectivity index (χ2v) is 8.35. The predicted molar refractivity (Wildman–Crippen MR) is 114 cm³/mol. The zero-order valence-corrected chi connectivity index (χ0v) is 17.9. The molecule has 2 aliphatic rings. The third-order valence-electron chi connectivity index (χ3n) is 5.92. The van der Waals surface area contributed by atoms with Crippen LogP contribution >= 0.6 is 11.6 Å². The van der Waals surface area contributed by atoms with Gasteiger partial charge in [-0.3, -0.25) is 9.59 Å². The van der Waals surface area contributed by atoms with Crippen molar-refractivity contribution in [2.24, 2.45) is 10.7 Å². The maximum absolute atomic E-state index is 13.6. The molecule has 0 aliphatic carbocycles. The number of rotatable bonds is 3. The van der Waals surface area contributed by atoms with E-state index in [9.17, 15) is 27.2 Å². The van der Waals surface area contributed by atoms with Crippen LogP contribution in [-0.2, 0) is 11.3 Å². The van der Waals surface area contributed by atoms with Crippen molar-refractivity contribution in [2.45, 2.75) is 31.1 Å². The Bertz CT molecular complexity index is 1150. The highest BCUT2D eigenvalue weighted by atomic mass is 35.5. The van der Waals surface area contributed by atoms with Gasteiger partial charge in [0.05, 0.1) is 5.02 Å². The topological polar surface area (TPSA) is 87.8 Å². The number of carbonyl (C=O) groups excluding carboxylic acids is 2. The molecule has 2 unspecified atom stereocenters. The number of nitrogens with two attached hydrogens (primary N) is 1. The molecule has 1 saturated heterocycles. The van der Waals surface area contributed by atoms with Crippen molar-refractivity contribution >= 4 is 29.3 Å². The molecular weight excluding hydrogens is 464 g/mol. The van der Waals surface area contributed by atoms with Gasteiger partial charge in [-0.15, -0.1) is 0 Å². The van der Waals surface area contributed by atoms with Crippen LogP contribution in [0.1, 0.15) is 39.4 Å². The highest BCUT2D eigenvalue weighted by molar-refractivity contribution is 6.30. The largest absolute Gasteiger partial charge is 0.473 e. The van der Waals surface area contributed by atoms with E-state index in [0.717, 1.165) is 5.56 Å². The molecule has 2 aromatic rings. The van der Waals surface area contributed by atoms with Crippen LogP contribution < -0.4 is 11.1 Å². The van der Waals surface area contributed by atoms with Crippen LogP contribution in [-0.4, -0.2) is 47.9 Å². The van der Waals surface area contributed by atoms with E-state index in [4.69, 9.17) is 17.3 Å². The Morgan fingerprint density at radius 2 is 1.97 bits per heavy atom. The van der Waals surface area contributed by atoms with Crippen LogP contribution in [0.5, 0.6) is 0 Å². The first kappa shape index (κ1) is 23.2. The number of nitrogens with zero attached hydrogens (tertiary/aromatic N) is 2. The molecule has 0 saturated carbocycles. The number of benzene rings is 2. The Balaban J connectivity index is 1.60. The molecule has 0 radical (unpaired) electrons. The minimum absolute atomic E-state index is 0.000617. The van der Waals surface area contributed by atoms with E-state index in [2.05, 4.69) is 10.3 Å². The van der Waals surface area contributed by atoms with Crippen molar-refractivity contribution in [1.29, 1.82) is 0 Å². The molecule has 174 valence electrons. The third kappa shape index (κ3) is 4.58. The summed E-state index contributed by atoms with van der Waals surface area (Å²) in [5.74, 6) is -3.89. The molecule has 1 fully saturated rings. The van der Waals surface area contributed by atoms with E-state index in [0.29, 0.717) is 37.2 Å². The quantitative estimate of drug-likeness (QED) is 0.399. The Hall–Kier alpha value is -2.98. The second kappa shape index (κ2) is 8.75. The van der Waals surface area contributed by atoms with Crippen molar-refractivity contribution in [1.82, 2.24) is 10.2 Å². The number of aliphatic imine (C=N–C) groups is 1. The number of amides is 2. The van der Waals surface area contributed by atoms with Crippen LogP contribution in [0.15, 0.2) is 41.4 Å². The predicted octanol–water partition coefficient (Wildman–Crippen LogP) is 3.37. The van der Waals surface area contributed by atoms with Gasteiger partial charge in [-0.05, 0) is 42.3 Å². The van der Waals surface area contributed by atoms with E-state index in [1.54, 1.807) is 23.1 Å². The van der Waals surface area contributed by atoms with Crippen molar-refractivity contribution in [3.05, 3.63) is 69.5 Å². The summed E-state index contributed by atoms with van der Waals surface area (Å²) in [6.07, 6.45) is -4.49. The summed E-state index contributed by atoms with van der Waals surface area (Å²) in [4.78, 5) is 29.0. The van der Waals surface area contributed by atoms with Crippen LogP contribution in [0.2, 0.25) is 5.02 Å². The summed E-state index contributed by atoms with van der Waals surface area (Å²) in [6, 6.07) is 8.67. The zero-order valence-electron chi connectivity index (χ0n) is 17.1. The highest BCUT2D eigenvalue weighted by Crippen LogP contribution is 2.35. The second-order valence-electron chi connectivity index (χ2n) is 7.95. The standard InChI is InChI=1S/C22H19ClF4N4O2/c23-16-8-11(3-4-17(16)24)15-9-29-6-5-18(15)31-10-13-2-1-12(7-14(13)20(31)32)19(28)30-21(33)22(25,26)27/h1-4,7-8,15,18,29H,5-6,9-10H2,(H2,28,30,33). The highest BCUT2D eigenvalue weighted by Gasteiger charge is 2.40. The molecule has 4 rings (SSSR count). The lowest BCUT2D eigenvalue weighted by Crippen LogP contribution is -2.48. The Morgan fingerprint density at radius 3 is 2.67 bits per heavy atom. The maximum Gasteiger partial charge on any atom is 0.473 e. The van der Waals surface area contributed by atoms with Crippen molar-refractivity contribution < 1.29 is 27.2 Å². The van der Waals surface area contributed by atoms with Gasteiger partial charge in [-0.2, -0.15) is 18.2 Å². The number of hydrogen-bond donors (Lipinski definition) is 2. The van der Waals surface area contributed by atoms with Gasteiger partial charge in [0, 0.05) is 36.2 Å². The lowest BCUT2D eigenvalue weighted by Gasteiger charge is -2.38. The van der Waals surface area contributed by atoms with E-state index in [1.807, 2.05) is 0 Å². The molecule has 2 atom stereocenters. The van der Waals surface area contributed by atoms with Crippen LogP contribution in [0, 0.1) is 5.82 Å². The maximum atomic E-state index is 13.6. The Kier molecular flexibility index (Phi) is 6.15. The van der Waals surface area contributed by atoms with Gasteiger partial charge in [0.2, 0.25) is 0 Å². The first-order valence-corrected chi connectivity index (χ1v) is 10.5. The first-order chi connectivity index (χ1) is 15.6. The monoisotopic (exact) mass is 482 g/mol. The molecule has 3 N–H and O–H groups in total. The Labute approximate surface area is 191 Å². The minimum atomic E-state index is -5.14. The average Bonchev–Trinajstić information content (AvgIpc) is 3.10. The fourth-order valence-electron chi connectivity index (χ4n) is 4.29. The molecule has 2 aromatic carbocycles. The van der Waals surface area contributed by atoms with Crippen LogP contribution in [0.3, 0.4) is 0 Å². The summed E-state index contributed by atoms with van der Waals surface area (Å²) in [5.41, 5.74) is 7.41. The number of amidine groups is 1. The van der Waals surface area contributed by atoms with Gasteiger partial charge in [0.1, 0.15) is 11.7 Å². The number of piperidine rings is 1. The van der Waals surface area contributed by atoms with E-state index >= 15 is 0 Å². The lowest BCUT2D eigenvalue weighted by atomic mass is 9.86. The fourth-order valence-corrected chi connectivity index (χ4v) is 4.48. The van der Waals surface area contributed by atoms with Crippen LogP contribution in [0.4, 0.5) is 17.6 Å². The van der Waals surface area contributed by atoms with Gasteiger partial charge in [0.25, 0.3) is 5.91 Å². The SMILES string of the molecule is NC(=NC(=O)C(F)(F)F)c1ccc2c(c1)C(=O)N(C1CCNCC1c1ccc(F)c(Cl)c1)C2. The van der Waals surface area contributed by atoms with Crippen molar-refractivity contribution in [3.63, 3.8) is 0 Å². The summed E-state index contributed by atoms with van der Waals surface area (Å²) in [6.45, 7) is 1.56. The number of hydrogen-bond acceptors (Lipinski definition) is 3. The normalized spacial score (nSPS) is 21.3. The number of fused-ring (bicyclic) bond motifs is 1. The summed E-state index contributed by atoms with van der Waals surface area (Å²) in [5, 5.41) is 3.28. The van der Waals surface area contributed by atoms with Gasteiger partial charge in [0.15, 0.2) is 0 Å². The molecular formula is C22H19ClF4N4O2. The third-order valence-corrected chi connectivity index (χ3v) is 6.21. The van der Waals surface area contributed by atoms with Gasteiger partial charge < -0.3 is 16.0 Å². The van der Waals surface area contributed by atoms with Gasteiger partial charge in [-0.25, -0.2) is 4.39 Å². The number of halogens is 5. The van der Waals surface area contributed by atoms with Crippen molar-refractivity contribution in [2.75, 3.05) is 13.1 Å². The number of nitrogens with one attached hydrogen (secondary N) is 1. The van der Waals surface area contributed by atoms with Gasteiger partial charge >= 0.3 is 12.1 Å². The Morgan fingerprint density at radius 1 is 1.21 bits per heavy atom. The van der Waals surface area contributed by atoms with Crippen molar-refractivity contribution in [3.8, 4) is 0 Å². The van der Waals surface area contributed by atoms with E-state index < -0.39 is 23.7 Å². The lowest BCUT2D eigenvalue weighted by molar-refractivity contribution is -0.169. The fraction of sp³-hybridized carbons (Fsp3) is 0.318.